The second-order valence-electron chi connectivity index (χ2n) is 5.22. The predicted molar refractivity (Wildman–Crippen MR) is 68.9 cm³/mol. The van der Waals surface area contributed by atoms with Crippen LogP contribution in [-0.2, 0) is 0 Å². The Morgan fingerprint density at radius 1 is 1.41 bits per heavy atom. The molecule has 4 heteroatoms. The highest BCUT2D eigenvalue weighted by molar-refractivity contribution is 5.40. The summed E-state index contributed by atoms with van der Waals surface area (Å²) in [6, 6.07) is 4.07. The van der Waals surface area contributed by atoms with Crippen LogP contribution in [0.15, 0.2) is 18.3 Å². The lowest BCUT2D eigenvalue weighted by molar-refractivity contribution is 0.0350. The normalized spacial score (nSPS) is 21.3. The van der Waals surface area contributed by atoms with Crippen molar-refractivity contribution in [1.29, 1.82) is 0 Å². The summed E-state index contributed by atoms with van der Waals surface area (Å²) in [5, 5.41) is 9.89. The number of aromatic nitrogens is 1. The fraction of sp³-hybridized carbons (Fsp3) is 0.615. The van der Waals surface area contributed by atoms with Gasteiger partial charge in [0, 0.05) is 25.3 Å². The lowest BCUT2D eigenvalue weighted by atomic mass is 9.94. The maximum absolute atomic E-state index is 9.89. The van der Waals surface area contributed by atoms with Crippen molar-refractivity contribution in [3.05, 3.63) is 23.9 Å². The van der Waals surface area contributed by atoms with E-state index >= 15 is 0 Å². The summed E-state index contributed by atoms with van der Waals surface area (Å²) in [5.41, 5.74) is 6.33. The molecule has 0 spiro atoms. The number of hydrogen-bond acceptors (Lipinski definition) is 4. The molecule has 2 rings (SSSR count). The van der Waals surface area contributed by atoms with Crippen LogP contribution in [0.25, 0.3) is 0 Å². The molecule has 4 nitrogen and oxygen atoms in total. The number of rotatable bonds is 2. The first-order chi connectivity index (χ1) is 7.98. The van der Waals surface area contributed by atoms with Gasteiger partial charge in [-0.05, 0) is 38.3 Å². The fourth-order valence-corrected chi connectivity index (χ4v) is 2.07. The minimum absolute atomic E-state index is 0.0265. The third-order valence-corrected chi connectivity index (χ3v) is 3.46. The van der Waals surface area contributed by atoms with Crippen molar-refractivity contribution < 1.29 is 5.11 Å². The van der Waals surface area contributed by atoms with Gasteiger partial charge in [-0.15, -0.1) is 0 Å². The Labute approximate surface area is 102 Å². The SMILES string of the molecule is CC(N)c1ccc(N2CCC(C)(O)CC2)nc1. The van der Waals surface area contributed by atoms with E-state index < -0.39 is 5.60 Å². The molecule has 94 valence electrons. The van der Waals surface area contributed by atoms with Crippen molar-refractivity contribution in [1.82, 2.24) is 4.98 Å². The maximum Gasteiger partial charge on any atom is 0.128 e. The Balaban J connectivity index is 2.04. The van der Waals surface area contributed by atoms with E-state index in [1.807, 2.05) is 32.2 Å². The van der Waals surface area contributed by atoms with E-state index in [-0.39, 0.29) is 6.04 Å². The molecule has 17 heavy (non-hydrogen) atoms. The van der Waals surface area contributed by atoms with Crippen LogP contribution in [0.4, 0.5) is 5.82 Å². The third kappa shape index (κ3) is 2.96. The molecule has 0 amide bonds. The molecule has 1 fully saturated rings. The number of anilines is 1. The Hall–Kier alpha value is -1.13. The number of nitrogens with two attached hydrogens (primary N) is 1. The van der Waals surface area contributed by atoms with Gasteiger partial charge in [0.2, 0.25) is 0 Å². The zero-order chi connectivity index (χ0) is 12.5. The monoisotopic (exact) mass is 235 g/mol. The molecule has 0 aromatic carbocycles. The van der Waals surface area contributed by atoms with Gasteiger partial charge in [-0.3, -0.25) is 0 Å². The van der Waals surface area contributed by atoms with Gasteiger partial charge in [0.1, 0.15) is 5.82 Å². The summed E-state index contributed by atoms with van der Waals surface area (Å²) in [6.45, 7) is 5.57. The van der Waals surface area contributed by atoms with E-state index in [1.165, 1.54) is 0 Å². The Morgan fingerprint density at radius 2 is 2.06 bits per heavy atom. The summed E-state index contributed by atoms with van der Waals surface area (Å²) < 4.78 is 0. The number of piperidine rings is 1. The first-order valence-corrected chi connectivity index (χ1v) is 6.17. The molecular formula is C13H21N3O. The van der Waals surface area contributed by atoms with Crippen molar-refractivity contribution in [3.63, 3.8) is 0 Å². The van der Waals surface area contributed by atoms with E-state index in [9.17, 15) is 5.11 Å². The maximum atomic E-state index is 9.89. The van der Waals surface area contributed by atoms with Crippen LogP contribution in [0.5, 0.6) is 0 Å². The van der Waals surface area contributed by atoms with E-state index in [0.29, 0.717) is 0 Å². The van der Waals surface area contributed by atoms with Crippen LogP contribution in [-0.4, -0.2) is 28.8 Å². The molecule has 1 aliphatic heterocycles. The topological polar surface area (TPSA) is 62.4 Å². The number of pyridine rings is 1. The minimum Gasteiger partial charge on any atom is -0.390 e. The van der Waals surface area contributed by atoms with Crippen LogP contribution in [0.3, 0.4) is 0 Å². The summed E-state index contributed by atoms with van der Waals surface area (Å²) >= 11 is 0. The smallest absolute Gasteiger partial charge is 0.128 e. The van der Waals surface area contributed by atoms with E-state index in [1.54, 1.807) is 0 Å². The quantitative estimate of drug-likeness (QED) is 0.814. The molecule has 1 aromatic rings. The molecule has 1 aliphatic rings. The number of hydrogen-bond donors (Lipinski definition) is 2. The molecule has 2 heterocycles. The zero-order valence-corrected chi connectivity index (χ0v) is 10.6. The van der Waals surface area contributed by atoms with Gasteiger partial charge in [-0.2, -0.15) is 0 Å². The van der Waals surface area contributed by atoms with Crippen molar-refractivity contribution in [2.45, 2.75) is 38.3 Å². The predicted octanol–water partition coefficient (Wildman–Crippen LogP) is 1.45. The molecule has 0 radical (unpaired) electrons. The van der Waals surface area contributed by atoms with Crippen LogP contribution in [0.2, 0.25) is 0 Å². The van der Waals surface area contributed by atoms with Crippen LogP contribution in [0, 0.1) is 0 Å². The van der Waals surface area contributed by atoms with E-state index in [4.69, 9.17) is 5.73 Å². The lowest BCUT2D eigenvalue weighted by Gasteiger charge is -2.36. The molecule has 1 atom stereocenters. The van der Waals surface area contributed by atoms with E-state index in [0.717, 1.165) is 37.3 Å². The molecule has 0 bridgehead atoms. The van der Waals surface area contributed by atoms with Gasteiger partial charge in [0.05, 0.1) is 5.60 Å². The van der Waals surface area contributed by atoms with Gasteiger partial charge in [0.25, 0.3) is 0 Å². The van der Waals surface area contributed by atoms with Crippen molar-refractivity contribution in [2.75, 3.05) is 18.0 Å². The highest BCUT2D eigenvalue weighted by Crippen LogP contribution is 2.24. The minimum atomic E-state index is -0.512. The van der Waals surface area contributed by atoms with Crippen LogP contribution in [0.1, 0.15) is 38.3 Å². The van der Waals surface area contributed by atoms with Gasteiger partial charge < -0.3 is 15.7 Å². The van der Waals surface area contributed by atoms with Gasteiger partial charge >= 0.3 is 0 Å². The molecular weight excluding hydrogens is 214 g/mol. The summed E-state index contributed by atoms with van der Waals surface area (Å²) in [5.74, 6) is 0.977. The van der Waals surface area contributed by atoms with Crippen LogP contribution < -0.4 is 10.6 Å². The average Bonchev–Trinajstić information content (AvgIpc) is 2.29. The Morgan fingerprint density at radius 3 is 2.53 bits per heavy atom. The Bertz CT molecular complexity index is 363. The lowest BCUT2D eigenvalue weighted by Crippen LogP contribution is -2.42. The summed E-state index contributed by atoms with van der Waals surface area (Å²) in [7, 11) is 0. The van der Waals surface area contributed by atoms with Crippen molar-refractivity contribution in [3.8, 4) is 0 Å². The zero-order valence-electron chi connectivity index (χ0n) is 10.6. The fourth-order valence-electron chi connectivity index (χ4n) is 2.07. The summed E-state index contributed by atoms with van der Waals surface area (Å²) in [4.78, 5) is 6.65. The molecule has 0 aliphatic carbocycles. The van der Waals surface area contributed by atoms with Gasteiger partial charge in [-0.1, -0.05) is 6.07 Å². The first kappa shape index (κ1) is 12.3. The first-order valence-electron chi connectivity index (χ1n) is 6.17. The second-order valence-corrected chi connectivity index (χ2v) is 5.22. The standard InChI is InChI=1S/C13H21N3O/c1-10(14)11-3-4-12(15-9-11)16-7-5-13(2,17)6-8-16/h3-4,9-10,17H,5-8,14H2,1-2H3. The van der Waals surface area contributed by atoms with Crippen molar-refractivity contribution >= 4 is 5.82 Å². The van der Waals surface area contributed by atoms with Gasteiger partial charge in [-0.25, -0.2) is 4.98 Å². The number of aliphatic hydroxyl groups is 1. The number of nitrogens with zero attached hydrogens (tertiary/aromatic N) is 2. The molecule has 1 aromatic heterocycles. The highest BCUT2D eigenvalue weighted by Gasteiger charge is 2.27. The second kappa shape index (κ2) is 4.63. The molecule has 1 saturated heterocycles. The molecule has 1 unspecified atom stereocenters. The molecule has 3 N–H and O–H groups in total. The van der Waals surface area contributed by atoms with Gasteiger partial charge in [0.15, 0.2) is 0 Å². The van der Waals surface area contributed by atoms with Crippen molar-refractivity contribution in [2.24, 2.45) is 5.73 Å². The van der Waals surface area contributed by atoms with E-state index in [2.05, 4.69) is 9.88 Å². The van der Waals surface area contributed by atoms with Crippen LogP contribution >= 0.6 is 0 Å². The molecule has 0 saturated carbocycles. The average molecular weight is 235 g/mol. The summed E-state index contributed by atoms with van der Waals surface area (Å²) in [6.07, 6.45) is 3.43. The Kier molecular flexibility index (Phi) is 3.35. The largest absolute Gasteiger partial charge is 0.390 e. The highest BCUT2D eigenvalue weighted by atomic mass is 16.3. The third-order valence-electron chi connectivity index (χ3n) is 3.46.